The zero-order chi connectivity index (χ0) is 11.7. The quantitative estimate of drug-likeness (QED) is 0.809. The molecule has 0 aromatic heterocycles. The van der Waals surface area contributed by atoms with Crippen LogP contribution in [0.1, 0.15) is 17.5 Å². The Kier molecular flexibility index (Phi) is 2.85. The second-order valence-electron chi connectivity index (χ2n) is 5.17. The van der Waals surface area contributed by atoms with Gasteiger partial charge in [-0.25, -0.2) is 0 Å². The molecule has 17 heavy (non-hydrogen) atoms. The Hall–Kier alpha value is -1.35. The summed E-state index contributed by atoms with van der Waals surface area (Å²) in [5.74, 6) is 0.771. The first-order chi connectivity index (χ1) is 8.31. The second-order valence-corrected chi connectivity index (χ2v) is 5.17. The third kappa shape index (κ3) is 2.34. The molecule has 1 aromatic rings. The van der Waals surface area contributed by atoms with Crippen LogP contribution in [0.5, 0.6) is 0 Å². The second kappa shape index (κ2) is 4.49. The van der Waals surface area contributed by atoms with E-state index >= 15 is 0 Å². The zero-order valence-corrected chi connectivity index (χ0v) is 9.91. The highest BCUT2D eigenvalue weighted by atomic mass is 16.1. The summed E-state index contributed by atoms with van der Waals surface area (Å²) < 4.78 is 0. The van der Waals surface area contributed by atoms with Crippen LogP contribution in [-0.4, -0.2) is 25.0 Å². The Morgan fingerprint density at radius 2 is 1.88 bits per heavy atom. The highest BCUT2D eigenvalue weighted by Gasteiger charge is 2.25. The summed E-state index contributed by atoms with van der Waals surface area (Å²) in [6.07, 6.45) is 2.66. The van der Waals surface area contributed by atoms with Crippen LogP contribution in [0.4, 0.5) is 0 Å². The summed E-state index contributed by atoms with van der Waals surface area (Å²) in [5, 5.41) is 6.35. The van der Waals surface area contributed by atoms with Gasteiger partial charge in [-0.05, 0) is 43.0 Å². The van der Waals surface area contributed by atoms with Crippen molar-refractivity contribution in [2.24, 2.45) is 5.92 Å². The topological polar surface area (TPSA) is 41.1 Å². The van der Waals surface area contributed by atoms with E-state index in [1.165, 1.54) is 11.1 Å². The van der Waals surface area contributed by atoms with Crippen LogP contribution >= 0.6 is 0 Å². The maximum atomic E-state index is 11.8. The van der Waals surface area contributed by atoms with E-state index in [0.717, 1.165) is 25.9 Å². The first-order valence-electron chi connectivity index (χ1n) is 6.38. The van der Waals surface area contributed by atoms with Gasteiger partial charge in [-0.15, -0.1) is 0 Å². The smallest absolute Gasteiger partial charge is 0.220 e. The first-order valence-corrected chi connectivity index (χ1v) is 6.38. The number of hydrogen-bond donors (Lipinski definition) is 2. The van der Waals surface area contributed by atoms with Crippen molar-refractivity contribution < 1.29 is 4.79 Å². The minimum atomic E-state index is 0.217. The lowest BCUT2D eigenvalue weighted by Crippen LogP contribution is -2.46. The predicted molar refractivity (Wildman–Crippen MR) is 66.8 cm³/mol. The molecule has 3 heteroatoms. The van der Waals surface area contributed by atoms with Gasteiger partial charge >= 0.3 is 0 Å². The van der Waals surface area contributed by atoms with Crippen LogP contribution in [0, 0.1) is 5.92 Å². The number of nitrogens with one attached hydrogen (secondary N) is 2. The molecule has 3 nitrogen and oxygen atoms in total. The van der Waals surface area contributed by atoms with E-state index < -0.39 is 0 Å². The lowest BCUT2D eigenvalue weighted by atomic mass is 9.99. The third-order valence-corrected chi connectivity index (χ3v) is 3.76. The fourth-order valence-corrected chi connectivity index (χ4v) is 2.70. The van der Waals surface area contributed by atoms with Crippen LogP contribution in [0.2, 0.25) is 0 Å². The molecule has 0 unspecified atom stereocenters. The number of benzene rings is 1. The van der Waals surface area contributed by atoms with Crippen molar-refractivity contribution in [3.8, 4) is 0 Å². The molecule has 3 rings (SSSR count). The van der Waals surface area contributed by atoms with Gasteiger partial charge in [0.2, 0.25) is 5.91 Å². The summed E-state index contributed by atoms with van der Waals surface area (Å²) in [7, 11) is 0. The van der Waals surface area contributed by atoms with Crippen LogP contribution < -0.4 is 10.6 Å². The molecule has 1 fully saturated rings. The Balaban J connectivity index is 1.52. The van der Waals surface area contributed by atoms with Gasteiger partial charge in [-0.3, -0.25) is 4.79 Å². The van der Waals surface area contributed by atoms with E-state index in [9.17, 15) is 4.79 Å². The number of hydrogen-bond acceptors (Lipinski definition) is 2. The molecule has 0 atom stereocenters. The normalized spacial score (nSPS) is 19.8. The van der Waals surface area contributed by atoms with Gasteiger partial charge in [0.25, 0.3) is 0 Å². The van der Waals surface area contributed by atoms with E-state index in [-0.39, 0.29) is 5.91 Å². The van der Waals surface area contributed by atoms with Crippen molar-refractivity contribution in [3.63, 3.8) is 0 Å². The number of carbonyl (C=O) groups is 1. The van der Waals surface area contributed by atoms with Gasteiger partial charge in [0.1, 0.15) is 0 Å². The standard InChI is InChI=1S/C14H18N2O/c17-14(5-10-8-15-9-10)16-13-6-11-3-1-2-4-12(11)7-13/h1-4,10,13,15H,5-9H2,(H,16,17). The fraction of sp³-hybridized carbons (Fsp3) is 0.500. The number of fused-ring (bicyclic) bond motifs is 1. The fourth-order valence-electron chi connectivity index (χ4n) is 2.70. The van der Waals surface area contributed by atoms with Crippen LogP contribution in [-0.2, 0) is 17.6 Å². The van der Waals surface area contributed by atoms with Gasteiger partial charge in [-0.1, -0.05) is 24.3 Å². The van der Waals surface area contributed by atoms with Gasteiger partial charge in [0.15, 0.2) is 0 Å². The van der Waals surface area contributed by atoms with E-state index in [0.29, 0.717) is 18.4 Å². The lowest BCUT2D eigenvalue weighted by Gasteiger charge is -2.26. The summed E-state index contributed by atoms with van der Waals surface area (Å²) in [6.45, 7) is 2.00. The summed E-state index contributed by atoms with van der Waals surface area (Å²) >= 11 is 0. The highest BCUT2D eigenvalue weighted by molar-refractivity contribution is 5.77. The number of rotatable bonds is 3. The average molecular weight is 230 g/mol. The van der Waals surface area contributed by atoms with Crippen LogP contribution in [0.15, 0.2) is 24.3 Å². The zero-order valence-electron chi connectivity index (χ0n) is 9.91. The molecule has 1 saturated heterocycles. The molecule has 1 heterocycles. The van der Waals surface area contributed by atoms with Crippen molar-refractivity contribution in [2.75, 3.05) is 13.1 Å². The predicted octanol–water partition coefficient (Wildman–Crippen LogP) is 0.879. The molecule has 1 aliphatic heterocycles. The molecule has 1 aromatic carbocycles. The molecule has 0 radical (unpaired) electrons. The molecule has 1 amide bonds. The Labute approximate surface area is 102 Å². The Morgan fingerprint density at radius 3 is 2.41 bits per heavy atom. The Bertz CT molecular complexity index is 401. The molecular formula is C14H18N2O. The van der Waals surface area contributed by atoms with Gasteiger partial charge in [0, 0.05) is 12.5 Å². The molecular weight excluding hydrogens is 212 g/mol. The van der Waals surface area contributed by atoms with E-state index in [4.69, 9.17) is 0 Å². The van der Waals surface area contributed by atoms with E-state index in [1.807, 2.05) is 0 Å². The van der Waals surface area contributed by atoms with Crippen molar-refractivity contribution in [1.82, 2.24) is 10.6 Å². The van der Waals surface area contributed by atoms with Crippen molar-refractivity contribution >= 4 is 5.91 Å². The molecule has 2 N–H and O–H groups in total. The summed E-state index contributed by atoms with van der Waals surface area (Å²) in [4.78, 5) is 11.8. The van der Waals surface area contributed by atoms with E-state index in [2.05, 4.69) is 34.9 Å². The van der Waals surface area contributed by atoms with Gasteiger partial charge < -0.3 is 10.6 Å². The SMILES string of the molecule is O=C(CC1CNC1)NC1Cc2ccccc2C1. The maximum Gasteiger partial charge on any atom is 0.220 e. The molecule has 2 aliphatic rings. The third-order valence-electron chi connectivity index (χ3n) is 3.76. The largest absolute Gasteiger partial charge is 0.353 e. The van der Waals surface area contributed by atoms with Crippen LogP contribution in [0.3, 0.4) is 0 Å². The highest BCUT2D eigenvalue weighted by Crippen LogP contribution is 2.21. The Morgan fingerprint density at radius 1 is 1.24 bits per heavy atom. The van der Waals surface area contributed by atoms with Crippen LogP contribution in [0.25, 0.3) is 0 Å². The van der Waals surface area contributed by atoms with Gasteiger partial charge in [-0.2, -0.15) is 0 Å². The molecule has 0 saturated carbocycles. The van der Waals surface area contributed by atoms with Gasteiger partial charge in [0.05, 0.1) is 0 Å². The first kappa shape index (κ1) is 10.8. The summed E-state index contributed by atoms with van der Waals surface area (Å²) in [5.41, 5.74) is 2.78. The van der Waals surface area contributed by atoms with Crippen molar-refractivity contribution in [3.05, 3.63) is 35.4 Å². The minimum Gasteiger partial charge on any atom is -0.353 e. The molecule has 1 aliphatic carbocycles. The monoisotopic (exact) mass is 230 g/mol. The van der Waals surface area contributed by atoms with E-state index in [1.54, 1.807) is 0 Å². The van der Waals surface area contributed by atoms with Crippen molar-refractivity contribution in [1.29, 1.82) is 0 Å². The lowest BCUT2D eigenvalue weighted by molar-refractivity contribution is -0.123. The average Bonchev–Trinajstić information content (AvgIpc) is 2.65. The number of amides is 1. The summed E-state index contributed by atoms with van der Waals surface area (Å²) in [6, 6.07) is 8.79. The molecule has 90 valence electrons. The number of carbonyl (C=O) groups excluding carboxylic acids is 1. The van der Waals surface area contributed by atoms with Crippen molar-refractivity contribution in [2.45, 2.75) is 25.3 Å². The molecule has 0 bridgehead atoms. The maximum absolute atomic E-state index is 11.8. The minimum absolute atomic E-state index is 0.217. The molecule has 0 spiro atoms.